The van der Waals surface area contributed by atoms with E-state index in [1.54, 1.807) is 5.57 Å². The van der Waals surface area contributed by atoms with Crippen LogP contribution in [0.15, 0.2) is 16.6 Å². The summed E-state index contributed by atoms with van der Waals surface area (Å²) in [7, 11) is 0. The number of carbonyl (C=O) groups is 1. The molecule has 1 saturated carbocycles. The summed E-state index contributed by atoms with van der Waals surface area (Å²) in [5.41, 5.74) is 2.55. The minimum absolute atomic E-state index is 0.136. The molecule has 1 atom stereocenters. The molecule has 3 aliphatic rings. The van der Waals surface area contributed by atoms with Crippen LogP contribution in [-0.2, 0) is 0 Å². The van der Waals surface area contributed by atoms with Gasteiger partial charge in [0.15, 0.2) is 0 Å². The second-order valence-corrected chi connectivity index (χ2v) is 6.34. The van der Waals surface area contributed by atoms with E-state index >= 15 is 0 Å². The summed E-state index contributed by atoms with van der Waals surface area (Å²) in [5.74, 6) is 1.36. The molecule has 1 unspecified atom stereocenters. The number of carbonyl (C=O) groups excluding carboxylic acids is 1. The Labute approximate surface area is 115 Å². The number of hydrogen-bond donors (Lipinski definition) is 1. The van der Waals surface area contributed by atoms with Gasteiger partial charge in [0.25, 0.3) is 0 Å². The number of allylic oxidation sites excluding steroid dienone is 2. The van der Waals surface area contributed by atoms with Gasteiger partial charge < -0.3 is 5.32 Å². The van der Waals surface area contributed by atoms with Crippen LogP contribution in [-0.4, -0.2) is 17.3 Å². The predicted octanol–water partition coefficient (Wildman–Crippen LogP) is 3.85. The van der Waals surface area contributed by atoms with Gasteiger partial charge in [-0.25, -0.2) is 9.79 Å². The van der Waals surface area contributed by atoms with Crippen LogP contribution in [0.3, 0.4) is 0 Å². The highest BCUT2D eigenvalue weighted by atomic mass is 16.2. The Morgan fingerprint density at radius 3 is 2.74 bits per heavy atom. The molecule has 2 aliphatic carbocycles. The van der Waals surface area contributed by atoms with Crippen molar-refractivity contribution in [1.29, 1.82) is 0 Å². The molecule has 2 amide bonds. The summed E-state index contributed by atoms with van der Waals surface area (Å²) in [5, 5.41) is 3.13. The van der Waals surface area contributed by atoms with E-state index < -0.39 is 0 Å². The Balaban J connectivity index is 1.68. The third-order valence-corrected chi connectivity index (χ3v) is 5.49. The lowest BCUT2D eigenvalue weighted by molar-refractivity contribution is 0.136. The number of amides is 2. The van der Waals surface area contributed by atoms with Gasteiger partial charge in [0.1, 0.15) is 0 Å². The molecule has 3 rings (SSSR count). The molecular weight excluding hydrogens is 236 g/mol. The number of rotatable bonds is 3. The van der Waals surface area contributed by atoms with Crippen molar-refractivity contribution in [3.63, 3.8) is 0 Å². The molecule has 0 spiro atoms. The van der Waals surface area contributed by atoms with E-state index in [2.05, 4.69) is 23.3 Å². The van der Waals surface area contributed by atoms with Crippen molar-refractivity contribution >= 4 is 11.7 Å². The minimum Gasteiger partial charge on any atom is -0.325 e. The van der Waals surface area contributed by atoms with Crippen molar-refractivity contribution in [2.75, 3.05) is 0 Å². The Morgan fingerprint density at radius 2 is 2.21 bits per heavy atom. The molecule has 0 aromatic rings. The third-order valence-electron chi connectivity index (χ3n) is 5.49. The summed E-state index contributed by atoms with van der Waals surface area (Å²) >= 11 is 0. The monoisotopic (exact) mass is 260 g/mol. The SMILES string of the molecule is CCC1(C2CC(C3=CCCCC3)C2)NC(=O)N=C1C. The molecule has 104 valence electrons. The van der Waals surface area contributed by atoms with Gasteiger partial charge in [-0.15, -0.1) is 0 Å². The van der Waals surface area contributed by atoms with E-state index in [0.29, 0.717) is 5.92 Å². The molecule has 0 radical (unpaired) electrons. The molecule has 1 heterocycles. The van der Waals surface area contributed by atoms with Crippen molar-refractivity contribution < 1.29 is 4.79 Å². The average Bonchev–Trinajstić information content (AvgIpc) is 2.64. The van der Waals surface area contributed by atoms with Gasteiger partial charge in [0.05, 0.1) is 5.54 Å². The Morgan fingerprint density at radius 1 is 1.42 bits per heavy atom. The van der Waals surface area contributed by atoms with Crippen LogP contribution in [0.25, 0.3) is 0 Å². The second-order valence-electron chi connectivity index (χ2n) is 6.34. The quantitative estimate of drug-likeness (QED) is 0.769. The predicted molar refractivity (Wildman–Crippen MR) is 77.4 cm³/mol. The normalized spacial score (nSPS) is 38.3. The summed E-state index contributed by atoms with van der Waals surface area (Å²) < 4.78 is 0. The van der Waals surface area contributed by atoms with E-state index in [1.165, 1.54) is 38.5 Å². The van der Waals surface area contributed by atoms with Gasteiger partial charge in [-0.1, -0.05) is 18.6 Å². The zero-order valence-electron chi connectivity index (χ0n) is 12.0. The van der Waals surface area contributed by atoms with Crippen LogP contribution in [0.2, 0.25) is 0 Å². The second kappa shape index (κ2) is 4.77. The van der Waals surface area contributed by atoms with Crippen molar-refractivity contribution in [1.82, 2.24) is 5.32 Å². The molecule has 1 fully saturated rings. The fourth-order valence-corrected chi connectivity index (χ4v) is 4.15. The number of hydrogen-bond acceptors (Lipinski definition) is 1. The maximum absolute atomic E-state index is 11.5. The molecule has 0 saturated heterocycles. The molecule has 3 nitrogen and oxygen atoms in total. The number of aliphatic imine (C=N–C) groups is 1. The van der Waals surface area contributed by atoms with Crippen LogP contribution in [0.1, 0.15) is 58.8 Å². The lowest BCUT2D eigenvalue weighted by atomic mass is 9.60. The fraction of sp³-hybridized carbons (Fsp3) is 0.750. The first-order valence-corrected chi connectivity index (χ1v) is 7.72. The minimum atomic E-state index is -0.139. The molecule has 0 bridgehead atoms. The van der Waals surface area contributed by atoms with Gasteiger partial charge in [0.2, 0.25) is 0 Å². The molecular formula is C16H24N2O. The Bertz CT molecular complexity index is 446. The zero-order chi connectivity index (χ0) is 13.5. The summed E-state index contributed by atoms with van der Waals surface area (Å²) in [6, 6.07) is -0.139. The molecule has 0 aromatic carbocycles. The molecule has 1 N–H and O–H groups in total. The smallest absolute Gasteiger partial charge is 0.325 e. The van der Waals surface area contributed by atoms with Crippen molar-refractivity contribution in [2.24, 2.45) is 16.8 Å². The highest BCUT2D eigenvalue weighted by Gasteiger charge is 2.50. The molecule has 19 heavy (non-hydrogen) atoms. The Hall–Kier alpha value is -1.12. The first-order chi connectivity index (χ1) is 9.15. The lowest BCUT2D eigenvalue weighted by Crippen LogP contribution is -2.57. The van der Waals surface area contributed by atoms with Crippen LogP contribution >= 0.6 is 0 Å². The standard InChI is InChI=1S/C16H24N2O/c1-3-16(11(2)17-15(19)18-16)14-9-13(10-14)12-7-5-4-6-8-12/h7,13-14H,3-6,8-10H2,1-2H3,(H,18,19). The van der Waals surface area contributed by atoms with Gasteiger partial charge in [-0.3, -0.25) is 0 Å². The lowest BCUT2D eigenvalue weighted by Gasteiger charge is -2.48. The summed E-state index contributed by atoms with van der Waals surface area (Å²) in [4.78, 5) is 15.7. The Kier molecular flexibility index (Phi) is 3.23. The van der Waals surface area contributed by atoms with Crippen LogP contribution in [0.5, 0.6) is 0 Å². The highest BCUT2D eigenvalue weighted by Crippen LogP contribution is 2.48. The van der Waals surface area contributed by atoms with Gasteiger partial charge in [-0.2, -0.15) is 0 Å². The average molecular weight is 260 g/mol. The molecule has 1 aliphatic heterocycles. The van der Waals surface area contributed by atoms with Crippen molar-refractivity contribution in [3.8, 4) is 0 Å². The van der Waals surface area contributed by atoms with E-state index in [0.717, 1.165) is 18.1 Å². The van der Waals surface area contributed by atoms with E-state index in [-0.39, 0.29) is 11.6 Å². The van der Waals surface area contributed by atoms with Crippen LogP contribution < -0.4 is 5.32 Å². The van der Waals surface area contributed by atoms with Gasteiger partial charge in [0, 0.05) is 5.71 Å². The zero-order valence-corrected chi connectivity index (χ0v) is 12.0. The highest BCUT2D eigenvalue weighted by molar-refractivity contribution is 6.06. The van der Waals surface area contributed by atoms with Gasteiger partial charge >= 0.3 is 6.03 Å². The van der Waals surface area contributed by atoms with E-state index in [4.69, 9.17) is 0 Å². The maximum atomic E-state index is 11.5. The van der Waals surface area contributed by atoms with Crippen LogP contribution in [0, 0.1) is 11.8 Å². The first-order valence-electron chi connectivity index (χ1n) is 7.72. The van der Waals surface area contributed by atoms with E-state index in [1.807, 2.05) is 6.92 Å². The van der Waals surface area contributed by atoms with Crippen molar-refractivity contribution in [2.45, 2.75) is 64.3 Å². The van der Waals surface area contributed by atoms with Crippen LogP contribution in [0.4, 0.5) is 4.79 Å². The number of nitrogens with one attached hydrogen (secondary N) is 1. The summed E-state index contributed by atoms with van der Waals surface area (Å²) in [6.45, 7) is 4.17. The third kappa shape index (κ3) is 2.03. The fourth-order valence-electron chi connectivity index (χ4n) is 4.15. The maximum Gasteiger partial charge on any atom is 0.341 e. The first kappa shape index (κ1) is 12.9. The van der Waals surface area contributed by atoms with Crippen molar-refractivity contribution in [3.05, 3.63) is 11.6 Å². The van der Waals surface area contributed by atoms with Gasteiger partial charge in [-0.05, 0) is 63.7 Å². The van der Waals surface area contributed by atoms with E-state index in [9.17, 15) is 4.79 Å². The molecule has 0 aromatic heterocycles. The summed E-state index contributed by atoms with van der Waals surface area (Å²) in [6.07, 6.45) is 11.2. The number of urea groups is 1. The molecule has 3 heteroatoms. The number of nitrogens with zero attached hydrogens (tertiary/aromatic N) is 1. The topological polar surface area (TPSA) is 41.5 Å². The largest absolute Gasteiger partial charge is 0.341 e.